The van der Waals surface area contributed by atoms with Crippen molar-refractivity contribution in [1.29, 1.82) is 0 Å². The number of ether oxygens (including phenoxy) is 2. The number of hydrogen-bond acceptors (Lipinski definition) is 3. The van der Waals surface area contributed by atoms with Gasteiger partial charge in [0, 0.05) is 0 Å². The summed E-state index contributed by atoms with van der Waals surface area (Å²) >= 11 is 0. The van der Waals surface area contributed by atoms with Crippen LogP contribution >= 0.6 is 0 Å². The topological polar surface area (TPSA) is 38.8 Å². The second kappa shape index (κ2) is 7.72. The molecule has 1 fully saturated rings. The highest BCUT2D eigenvalue weighted by molar-refractivity contribution is 5.77. The third-order valence-corrected chi connectivity index (χ3v) is 6.42. The molecule has 0 radical (unpaired) electrons. The van der Waals surface area contributed by atoms with E-state index in [0.29, 0.717) is 19.1 Å². The third-order valence-electron chi connectivity index (χ3n) is 6.42. The van der Waals surface area contributed by atoms with Gasteiger partial charge >= 0.3 is 5.97 Å². The van der Waals surface area contributed by atoms with Crippen LogP contribution in [-0.2, 0) is 14.3 Å². The molecule has 1 aromatic carbocycles. The highest BCUT2D eigenvalue weighted by Gasteiger charge is 2.49. The van der Waals surface area contributed by atoms with E-state index >= 15 is 0 Å². The highest BCUT2D eigenvalue weighted by atomic mass is 16.6. The minimum Gasteiger partial charge on any atom is -0.462 e. The van der Waals surface area contributed by atoms with Gasteiger partial charge in [0.2, 0.25) is 0 Å². The summed E-state index contributed by atoms with van der Waals surface area (Å²) in [7, 11) is 0. The molecule has 1 aliphatic rings. The molecule has 0 N–H and O–H groups in total. The number of epoxide rings is 1. The van der Waals surface area contributed by atoms with Crippen molar-refractivity contribution >= 4 is 5.97 Å². The fraction of sp³-hybridized carbons (Fsp3) is 0.696. The molecule has 1 aliphatic heterocycles. The van der Waals surface area contributed by atoms with Gasteiger partial charge < -0.3 is 9.47 Å². The van der Waals surface area contributed by atoms with E-state index in [9.17, 15) is 4.79 Å². The zero-order valence-electron chi connectivity index (χ0n) is 17.6. The van der Waals surface area contributed by atoms with Crippen LogP contribution < -0.4 is 0 Å². The van der Waals surface area contributed by atoms with Gasteiger partial charge in [-0.25, -0.2) is 0 Å². The Kier molecular flexibility index (Phi) is 6.22. The Morgan fingerprint density at radius 3 is 2.19 bits per heavy atom. The third kappa shape index (κ3) is 4.68. The van der Waals surface area contributed by atoms with Gasteiger partial charge in [-0.1, -0.05) is 71.9 Å². The summed E-state index contributed by atoms with van der Waals surface area (Å²) < 4.78 is 10.8. The standard InChI is InChI=1S/C23H36O3/c1-8-23(7,20(24)26-16-18-15-25-18)22(5,6)14-19(21(2,3)4)17-12-10-9-11-13-17/h9-13,18-19H,8,14-16H2,1-7H3. The zero-order chi connectivity index (χ0) is 19.6. The van der Waals surface area contributed by atoms with Gasteiger partial charge in [0.25, 0.3) is 0 Å². The summed E-state index contributed by atoms with van der Waals surface area (Å²) in [5, 5.41) is 0. The molecule has 3 atom stereocenters. The van der Waals surface area contributed by atoms with Gasteiger partial charge in [-0.15, -0.1) is 0 Å². The maximum Gasteiger partial charge on any atom is 0.312 e. The van der Waals surface area contributed by atoms with E-state index < -0.39 is 5.41 Å². The smallest absolute Gasteiger partial charge is 0.312 e. The molecule has 0 bridgehead atoms. The van der Waals surface area contributed by atoms with Crippen LogP contribution in [0.1, 0.15) is 72.8 Å². The van der Waals surface area contributed by atoms with E-state index in [1.54, 1.807) is 0 Å². The van der Waals surface area contributed by atoms with Crippen LogP contribution in [0.5, 0.6) is 0 Å². The Morgan fingerprint density at radius 1 is 1.15 bits per heavy atom. The minimum absolute atomic E-state index is 0.0961. The Labute approximate surface area is 159 Å². The van der Waals surface area contributed by atoms with Gasteiger partial charge in [0.05, 0.1) is 12.0 Å². The first-order chi connectivity index (χ1) is 12.0. The molecular formula is C23H36O3. The molecule has 1 aromatic rings. The lowest BCUT2D eigenvalue weighted by molar-refractivity contribution is -0.164. The number of carbonyl (C=O) groups excluding carboxylic acids is 1. The van der Waals surface area contributed by atoms with Gasteiger partial charge in [-0.2, -0.15) is 0 Å². The normalized spacial score (nSPS) is 21.0. The van der Waals surface area contributed by atoms with Crippen LogP contribution in [0.15, 0.2) is 30.3 Å². The molecule has 3 nitrogen and oxygen atoms in total. The van der Waals surface area contributed by atoms with Gasteiger partial charge in [0.15, 0.2) is 0 Å². The van der Waals surface area contributed by atoms with E-state index in [1.165, 1.54) is 5.56 Å². The molecule has 146 valence electrons. The molecule has 0 aliphatic carbocycles. The predicted molar refractivity (Wildman–Crippen MR) is 106 cm³/mol. The fourth-order valence-electron chi connectivity index (χ4n) is 3.74. The summed E-state index contributed by atoms with van der Waals surface area (Å²) in [5.74, 6) is 0.269. The minimum atomic E-state index is -0.528. The molecular weight excluding hydrogens is 324 g/mol. The SMILES string of the molecule is CCC(C)(C(=O)OCC1CO1)C(C)(C)CC(c1ccccc1)C(C)(C)C. The molecule has 3 unspecified atom stereocenters. The molecule has 1 saturated heterocycles. The monoisotopic (exact) mass is 360 g/mol. The number of rotatable bonds is 8. The zero-order valence-corrected chi connectivity index (χ0v) is 17.6. The van der Waals surface area contributed by atoms with E-state index in [4.69, 9.17) is 9.47 Å². The second-order valence-electron chi connectivity index (χ2n) is 9.66. The summed E-state index contributed by atoms with van der Waals surface area (Å²) in [6.07, 6.45) is 1.80. The molecule has 0 saturated carbocycles. The van der Waals surface area contributed by atoms with Gasteiger partial charge in [-0.3, -0.25) is 4.79 Å². The van der Waals surface area contributed by atoms with Gasteiger partial charge in [0.1, 0.15) is 12.7 Å². The Morgan fingerprint density at radius 2 is 1.73 bits per heavy atom. The lowest BCUT2D eigenvalue weighted by Gasteiger charge is -2.46. The second-order valence-corrected chi connectivity index (χ2v) is 9.66. The fourth-order valence-corrected chi connectivity index (χ4v) is 3.74. The number of hydrogen-bond donors (Lipinski definition) is 0. The maximum atomic E-state index is 13.0. The Bertz CT molecular complexity index is 596. The summed E-state index contributed by atoms with van der Waals surface area (Å²) in [6.45, 7) is 16.5. The molecule has 26 heavy (non-hydrogen) atoms. The van der Waals surface area contributed by atoms with E-state index in [2.05, 4.69) is 78.8 Å². The van der Waals surface area contributed by atoms with Crippen LogP contribution in [0.2, 0.25) is 0 Å². The molecule has 3 heteroatoms. The number of esters is 1. The van der Waals surface area contributed by atoms with Crippen molar-refractivity contribution in [2.24, 2.45) is 16.2 Å². The largest absolute Gasteiger partial charge is 0.462 e. The van der Waals surface area contributed by atoms with Crippen LogP contribution in [0, 0.1) is 16.2 Å². The summed E-state index contributed by atoms with van der Waals surface area (Å²) in [6, 6.07) is 10.7. The Balaban J connectivity index is 2.24. The van der Waals surface area contributed by atoms with E-state index in [-0.39, 0.29) is 22.9 Å². The summed E-state index contributed by atoms with van der Waals surface area (Å²) in [5.41, 5.74) is 0.724. The quantitative estimate of drug-likeness (QED) is 0.448. The van der Waals surface area contributed by atoms with Crippen LogP contribution in [0.25, 0.3) is 0 Å². The highest BCUT2D eigenvalue weighted by Crippen LogP contribution is 2.52. The lowest BCUT2D eigenvalue weighted by Crippen LogP contribution is -2.45. The van der Waals surface area contributed by atoms with Crippen molar-refractivity contribution in [2.75, 3.05) is 13.2 Å². The maximum absolute atomic E-state index is 13.0. The average Bonchev–Trinajstić information content (AvgIpc) is 3.40. The first-order valence-corrected chi connectivity index (χ1v) is 9.85. The molecule has 0 spiro atoms. The Hall–Kier alpha value is -1.35. The van der Waals surface area contributed by atoms with Gasteiger partial charge in [-0.05, 0) is 42.1 Å². The van der Waals surface area contributed by atoms with Crippen molar-refractivity contribution in [1.82, 2.24) is 0 Å². The van der Waals surface area contributed by atoms with Crippen molar-refractivity contribution < 1.29 is 14.3 Å². The van der Waals surface area contributed by atoms with Crippen LogP contribution in [0.3, 0.4) is 0 Å². The van der Waals surface area contributed by atoms with E-state index in [1.807, 2.05) is 0 Å². The first-order valence-electron chi connectivity index (χ1n) is 9.85. The number of carbonyl (C=O) groups is 1. The van der Waals surface area contributed by atoms with Crippen LogP contribution in [0.4, 0.5) is 0 Å². The van der Waals surface area contributed by atoms with Crippen molar-refractivity contribution in [3.63, 3.8) is 0 Å². The van der Waals surface area contributed by atoms with Crippen molar-refractivity contribution in [3.8, 4) is 0 Å². The van der Waals surface area contributed by atoms with Crippen molar-refractivity contribution in [3.05, 3.63) is 35.9 Å². The molecule has 2 rings (SSSR count). The van der Waals surface area contributed by atoms with E-state index in [0.717, 1.165) is 12.8 Å². The number of benzene rings is 1. The average molecular weight is 361 g/mol. The first kappa shape index (κ1) is 21.0. The van der Waals surface area contributed by atoms with Crippen LogP contribution in [-0.4, -0.2) is 25.3 Å². The molecule has 1 heterocycles. The lowest BCUT2D eigenvalue weighted by atomic mass is 9.58. The van der Waals surface area contributed by atoms with Crippen molar-refractivity contribution in [2.45, 2.75) is 73.3 Å². The predicted octanol–water partition coefficient (Wildman–Crippen LogP) is 5.59. The molecule has 0 aromatic heterocycles. The molecule has 0 amide bonds. The summed E-state index contributed by atoms with van der Waals surface area (Å²) in [4.78, 5) is 13.0.